The largest absolute Gasteiger partial charge is 0.298 e. The van der Waals surface area contributed by atoms with Gasteiger partial charge in [0.05, 0.1) is 6.61 Å². The third kappa shape index (κ3) is 2.98. The van der Waals surface area contributed by atoms with Gasteiger partial charge in [0.25, 0.3) is 0 Å². The van der Waals surface area contributed by atoms with Crippen molar-refractivity contribution in [3.63, 3.8) is 0 Å². The first-order valence-electron chi connectivity index (χ1n) is 6.82. The van der Waals surface area contributed by atoms with Crippen molar-refractivity contribution in [2.24, 2.45) is 5.41 Å². The molecule has 0 bridgehead atoms. The van der Waals surface area contributed by atoms with E-state index in [2.05, 4.69) is 39.7 Å². The molecule has 16 heavy (non-hydrogen) atoms. The van der Waals surface area contributed by atoms with Gasteiger partial charge in [-0.15, -0.1) is 0 Å². The fraction of sp³-hybridized carbons (Fsp3) is 1.00. The highest BCUT2D eigenvalue weighted by atomic mass is 16.7. The minimum Gasteiger partial charge on any atom is -0.298 e. The Bertz CT molecular complexity index is 211. The van der Waals surface area contributed by atoms with E-state index >= 15 is 0 Å². The highest BCUT2D eigenvalue weighted by molar-refractivity contribution is 4.95. The quantitative estimate of drug-likeness (QED) is 0.658. The number of rotatable bonds is 5. The Morgan fingerprint density at radius 1 is 1.12 bits per heavy atom. The molecule has 0 radical (unpaired) electrons. The third-order valence-electron chi connectivity index (χ3n) is 4.44. The summed E-state index contributed by atoms with van der Waals surface area (Å²) in [5.41, 5.74) is 0.494. The number of unbranched alkanes of at least 4 members (excludes halogenated alkanes) is 2. The molecular formula is C14H29NO. The number of hydrogen-bond acceptors (Lipinski definition) is 2. The Hall–Kier alpha value is -0.0800. The molecule has 1 saturated heterocycles. The van der Waals surface area contributed by atoms with Gasteiger partial charge >= 0.3 is 0 Å². The Labute approximate surface area is 101 Å². The van der Waals surface area contributed by atoms with Crippen LogP contribution in [0.2, 0.25) is 0 Å². The van der Waals surface area contributed by atoms with Crippen LogP contribution in [0, 0.1) is 5.41 Å². The molecule has 0 aromatic carbocycles. The van der Waals surface area contributed by atoms with Crippen LogP contribution in [-0.4, -0.2) is 23.8 Å². The molecule has 96 valence electrons. The van der Waals surface area contributed by atoms with Crippen molar-refractivity contribution >= 4 is 0 Å². The second kappa shape index (κ2) is 5.50. The van der Waals surface area contributed by atoms with E-state index < -0.39 is 0 Å². The molecule has 0 spiro atoms. The molecule has 0 aliphatic carbocycles. The van der Waals surface area contributed by atoms with Gasteiger partial charge in [-0.2, -0.15) is 5.06 Å². The van der Waals surface area contributed by atoms with Crippen molar-refractivity contribution < 1.29 is 4.84 Å². The summed E-state index contributed by atoms with van der Waals surface area (Å²) in [5, 5.41) is 2.23. The van der Waals surface area contributed by atoms with Crippen LogP contribution < -0.4 is 0 Å². The monoisotopic (exact) mass is 227 g/mol. The summed E-state index contributed by atoms with van der Waals surface area (Å²) in [6.07, 6.45) is 6.28. The molecular weight excluding hydrogens is 198 g/mol. The topological polar surface area (TPSA) is 12.5 Å². The molecule has 2 heteroatoms. The lowest BCUT2D eigenvalue weighted by Gasteiger charge is -2.52. The highest BCUT2D eigenvalue weighted by Crippen LogP contribution is 2.43. The second-order valence-electron chi connectivity index (χ2n) is 6.19. The zero-order chi connectivity index (χ0) is 12.2. The van der Waals surface area contributed by atoms with Gasteiger partial charge in [-0.3, -0.25) is 4.84 Å². The molecule has 1 aliphatic heterocycles. The average Bonchev–Trinajstić information content (AvgIpc) is 2.19. The van der Waals surface area contributed by atoms with E-state index in [-0.39, 0.29) is 5.54 Å². The van der Waals surface area contributed by atoms with Gasteiger partial charge in [0.2, 0.25) is 0 Å². The van der Waals surface area contributed by atoms with Gasteiger partial charge in [-0.25, -0.2) is 0 Å². The van der Waals surface area contributed by atoms with Crippen molar-refractivity contribution in [3.8, 4) is 0 Å². The van der Waals surface area contributed by atoms with Crippen molar-refractivity contribution in [1.82, 2.24) is 5.06 Å². The SMILES string of the molecule is CCCCCON1CCCC(C)(C)C1(C)C. The molecule has 0 saturated carbocycles. The lowest BCUT2D eigenvalue weighted by Crippen LogP contribution is -2.57. The summed E-state index contributed by atoms with van der Waals surface area (Å²) in [6.45, 7) is 13.5. The van der Waals surface area contributed by atoms with Crippen molar-refractivity contribution in [1.29, 1.82) is 0 Å². The molecule has 1 heterocycles. The van der Waals surface area contributed by atoms with Crippen molar-refractivity contribution in [2.75, 3.05) is 13.2 Å². The molecule has 1 rings (SSSR count). The lowest BCUT2D eigenvalue weighted by atomic mass is 9.69. The number of nitrogens with zero attached hydrogens (tertiary/aromatic N) is 1. The molecule has 0 amide bonds. The van der Waals surface area contributed by atoms with Crippen LogP contribution in [0.4, 0.5) is 0 Å². The van der Waals surface area contributed by atoms with E-state index in [1.165, 1.54) is 32.1 Å². The van der Waals surface area contributed by atoms with Gasteiger partial charge in [0, 0.05) is 12.1 Å². The van der Waals surface area contributed by atoms with Crippen LogP contribution >= 0.6 is 0 Å². The Morgan fingerprint density at radius 2 is 1.81 bits per heavy atom. The number of hydroxylamine groups is 2. The van der Waals surface area contributed by atoms with E-state index in [0.717, 1.165) is 13.2 Å². The van der Waals surface area contributed by atoms with Crippen LogP contribution in [0.25, 0.3) is 0 Å². The Balaban J connectivity index is 2.46. The third-order valence-corrected chi connectivity index (χ3v) is 4.44. The zero-order valence-electron chi connectivity index (χ0n) is 11.8. The zero-order valence-corrected chi connectivity index (χ0v) is 11.8. The van der Waals surface area contributed by atoms with Gasteiger partial charge in [-0.05, 0) is 38.5 Å². The van der Waals surface area contributed by atoms with Crippen molar-refractivity contribution in [2.45, 2.75) is 72.3 Å². The summed E-state index contributed by atoms with van der Waals surface area (Å²) in [6, 6.07) is 0. The normalized spacial score (nSPS) is 24.6. The van der Waals surface area contributed by atoms with Crippen LogP contribution in [0.3, 0.4) is 0 Å². The first-order valence-corrected chi connectivity index (χ1v) is 6.82. The second-order valence-corrected chi connectivity index (χ2v) is 6.19. The molecule has 1 aliphatic rings. The molecule has 2 nitrogen and oxygen atoms in total. The summed E-state index contributed by atoms with van der Waals surface area (Å²) < 4.78 is 0. The maximum Gasteiger partial charge on any atom is 0.0685 e. The lowest BCUT2D eigenvalue weighted by molar-refractivity contribution is -0.258. The van der Waals surface area contributed by atoms with Gasteiger partial charge in [-0.1, -0.05) is 33.6 Å². The number of piperidine rings is 1. The van der Waals surface area contributed by atoms with Gasteiger partial charge in [0.1, 0.15) is 0 Å². The minimum atomic E-state index is 0.150. The van der Waals surface area contributed by atoms with Gasteiger partial charge in [0.15, 0.2) is 0 Å². The summed E-state index contributed by atoms with van der Waals surface area (Å²) in [4.78, 5) is 5.97. The number of hydrogen-bond donors (Lipinski definition) is 0. The van der Waals surface area contributed by atoms with Gasteiger partial charge < -0.3 is 0 Å². The molecule has 0 aromatic heterocycles. The van der Waals surface area contributed by atoms with E-state index in [1.807, 2.05) is 0 Å². The fourth-order valence-corrected chi connectivity index (χ4v) is 2.34. The maximum atomic E-state index is 5.97. The first-order chi connectivity index (χ1) is 7.42. The predicted octanol–water partition coefficient (Wildman–Crippen LogP) is 4.01. The van der Waals surface area contributed by atoms with Crippen LogP contribution in [0.15, 0.2) is 0 Å². The van der Waals surface area contributed by atoms with E-state index in [1.54, 1.807) is 0 Å². The average molecular weight is 227 g/mol. The summed E-state index contributed by atoms with van der Waals surface area (Å²) in [5.74, 6) is 0. The molecule has 1 fully saturated rings. The Kier molecular flexibility index (Phi) is 4.81. The minimum absolute atomic E-state index is 0.150. The smallest absolute Gasteiger partial charge is 0.0685 e. The summed E-state index contributed by atoms with van der Waals surface area (Å²) >= 11 is 0. The molecule has 0 N–H and O–H groups in total. The predicted molar refractivity (Wildman–Crippen MR) is 69.3 cm³/mol. The molecule has 0 unspecified atom stereocenters. The van der Waals surface area contributed by atoms with E-state index in [9.17, 15) is 0 Å². The van der Waals surface area contributed by atoms with Crippen LogP contribution in [0.1, 0.15) is 66.7 Å². The molecule has 0 atom stereocenters. The Morgan fingerprint density at radius 3 is 2.44 bits per heavy atom. The van der Waals surface area contributed by atoms with Crippen molar-refractivity contribution in [3.05, 3.63) is 0 Å². The van der Waals surface area contributed by atoms with Crippen LogP contribution in [0.5, 0.6) is 0 Å². The maximum absolute atomic E-state index is 5.97. The van der Waals surface area contributed by atoms with E-state index in [0.29, 0.717) is 5.41 Å². The van der Waals surface area contributed by atoms with E-state index in [4.69, 9.17) is 4.84 Å². The van der Waals surface area contributed by atoms with Crippen LogP contribution in [-0.2, 0) is 4.84 Å². The summed E-state index contributed by atoms with van der Waals surface area (Å²) in [7, 11) is 0. The fourth-order valence-electron chi connectivity index (χ4n) is 2.34. The highest BCUT2D eigenvalue weighted by Gasteiger charge is 2.45. The molecule has 0 aromatic rings. The first kappa shape index (κ1) is 14.0. The standard InChI is InChI=1S/C14H29NO/c1-6-7-8-12-16-15-11-9-10-13(2,3)14(15,4)5/h6-12H2,1-5H3.